The van der Waals surface area contributed by atoms with Crippen LogP contribution in [0.1, 0.15) is 53.4 Å². The summed E-state index contributed by atoms with van der Waals surface area (Å²) < 4.78 is 26.0. The van der Waals surface area contributed by atoms with E-state index in [1.807, 2.05) is 0 Å². The molecular weight excluding hydrogens is 302 g/mol. The van der Waals surface area contributed by atoms with Crippen molar-refractivity contribution in [1.82, 2.24) is 0 Å². The Kier molecular flexibility index (Phi) is 2.00. The Bertz CT molecular complexity index is 688. The average molecular weight is 328 g/mol. The Labute approximate surface area is 144 Å². The van der Waals surface area contributed by atoms with Gasteiger partial charge in [-0.1, -0.05) is 13.8 Å². The first-order valence-corrected chi connectivity index (χ1v) is 9.94. The lowest BCUT2D eigenvalue weighted by Gasteiger charge is -2.87. The van der Waals surface area contributed by atoms with Crippen molar-refractivity contribution in [2.24, 2.45) is 34.5 Å². The summed E-state index contributed by atoms with van der Waals surface area (Å²) in [4.78, 5) is 0. The van der Waals surface area contributed by atoms with Crippen LogP contribution in [0.5, 0.6) is 0 Å². The molecule has 24 heavy (non-hydrogen) atoms. The van der Waals surface area contributed by atoms with E-state index in [1.54, 1.807) is 0 Å². The second kappa shape index (κ2) is 3.42. The van der Waals surface area contributed by atoms with Crippen molar-refractivity contribution in [3.63, 3.8) is 0 Å². The predicted molar refractivity (Wildman–Crippen MR) is 88.9 cm³/mol. The topological polar surface area (TPSA) is 36.9 Å². The smallest absolute Gasteiger partial charge is 0.413 e. The van der Waals surface area contributed by atoms with Crippen LogP contribution in [0.3, 0.4) is 0 Å². The van der Waals surface area contributed by atoms with E-state index >= 15 is 0 Å². The van der Waals surface area contributed by atoms with Crippen LogP contribution in [-0.2, 0) is 18.6 Å². The molecule has 7 fully saturated rings. The van der Waals surface area contributed by atoms with Gasteiger partial charge in [0.2, 0.25) is 0 Å². The molecule has 5 saturated carbocycles. The molecule has 2 heterocycles. The molecule has 0 aromatic carbocycles. The van der Waals surface area contributed by atoms with Gasteiger partial charge in [-0.3, -0.25) is 0 Å². The molecule has 0 aromatic heterocycles. The van der Waals surface area contributed by atoms with Crippen LogP contribution in [0.4, 0.5) is 0 Å². The monoisotopic (exact) mass is 328 g/mol. The van der Waals surface area contributed by atoms with E-state index in [0.29, 0.717) is 22.7 Å². The summed E-state index contributed by atoms with van der Waals surface area (Å²) in [6.07, 6.45) is 4.95. The first-order valence-electron chi connectivity index (χ1n) is 9.94. The molecule has 7 aliphatic rings. The van der Waals surface area contributed by atoms with E-state index in [2.05, 4.69) is 27.7 Å². The quantitative estimate of drug-likeness (QED) is 0.693. The summed E-state index contributed by atoms with van der Waals surface area (Å²) in [5.74, 6) is 2.99. The molecule has 0 bridgehead atoms. The van der Waals surface area contributed by atoms with Gasteiger partial charge in [0.1, 0.15) is 0 Å². The number of hydrogen-bond acceptors (Lipinski definition) is 4. The van der Waals surface area contributed by atoms with E-state index in [0.717, 1.165) is 24.9 Å². The first kappa shape index (κ1) is 14.1. The fraction of sp³-hybridized carbons (Fsp3) is 1.00. The molecule has 0 radical (unpaired) electrons. The maximum Gasteiger partial charge on any atom is 0.489 e. The van der Waals surface area contributed by atoms with Gasteiger partial charge >= 0.3 is 14.0 Å². The highest BCUT2D eigenvalue weighted by Crippen LogP contribution is 2.87. The predicted octanol–water partition coefficient (Wildman–Crippen LogP) is 2.50. The minimum Gasteiger partial charge on any atom is -0.413 e. The SMILES string of the molecule is CC12[C@@H]3C[C@H]1[C@@]1(C)OB(B4OC[C@@H]5C[C@@H]6C[C@](C)(O4)C56C)O[C@@]21C3. The highest BCUT2D eigenvalue weighted by Gasteiger charge is 2.94. The van der Waals surface area contributed by atoms with E-state index in [9.17, 15) is 0 Å². The minimum absolute atomic E-state index is 0.0663. The molecule has 128 valence electrons. The molecule has 5 aliphatic carbocycles. The van der Waals surface area contributed by atoms with Crippen LogP contribution < -0.4 is 0 Å². The average Bonchev–Trinajstić information content (AvgIpc) is 2.89. The van der Waals surface area contributed by atoms with Gasteiger partial charge in [-0.25, -0.2) is 0 Å². The Hall–Kier alpha value is -0.0301. The highest BCUT2D eigenvalue weighted by atomic mass is 16.7. The van der Waals surface area contributed by atoms with Crippen molar-refractivity contribution < 1.29 is 18.6 Å². The van der Waals surface area contributed by atoms with Gasteiger partial charge in [-0.15, -0.1) is 0 Å². The van der Waals surface area contributed by atoms with Gasteiger partial charge in [0.25, 0.3) is 0 Å². The second-order valence-electron chi connectivity index (χ2n) is 10.7. The molecule has 9 atom stereocenters. The van der Waals surface area contributed by atoms with Crippen LogP contribution in [0, 0.1) is 34.5 Å². The van der Waals surface area contributed by atoms with Crippen LogP contribution in [-0.4, -0.2) is 37.4 Å². The third-order valence-electron chi connectivity index (χ3n) is 10.7. The molecule has 4 nitrogen and oxygen atoms in total. The zero-order valence-electron chi connectivity index (χ0n) is 15.1. The second-order valence-corrected chi connectivity index (χ2v) is 10.7. The number of hydrogen-bond donors (Lipinski definition) is 0. The van der Waals surface area contributed by atoms with Crippen molar-refractivity contribution in [2.75, 3.05) is 6.61 Å². The Balaban J connectivity index is 1.20. The maximum atomic E-state index is 6.61. The molecule has 2 saturated heterocycles. The molecular formula is C18H26B2O4. The van der Waals surface area contributed by atoms with Crippen molar-refractivity contribution in [3.05, 3.63) is 0 Å². The van der Waals surface area contributed by atoms with E-state index in [4.69, 9.17) is 18.6 Å². The fourth-order valence-corrected chi connectivity index (χ4v) is 8.80. The van der Waals surface area contributed by atoms with E-state index in [1.165, 1.54) is 19.3 Å². The third-order valence-corrected chi connectivity index (χ3v) is 10.7. The summed E-state index contributed by atoms with van der Waals surface area (Å²) in [5, 5.41) is 0. The molecule has 2 unspecified atom stereocenters. The molecule has 0 aromatic rings. The van der Waals surface area contributed by atoms with Crippen molar-refractivity contribution in [1.29, 1.82) is 0 Å². The molecule has 0 N–H and O–H groups in total. The van der Waals surface area contributed by atoms with Gasteiger partial charge in [0.05, 0.1) is 16.8 Å². The molecule has 6 heteroatoms. The van der Waals surface area contributed by atoms with Crippen LogP contribution in [0.15, 0.2) is 0 Å². The summed E-state index contributed by atoms with van der Waals surface area (Å²) in [5.41, 5.74) is 0.404. The molecule has 2 aliphatic heterocycles. The number of fused-ring (bicyclic) bond motifs is 1. The Morgan fingerprint density at radius 2 is 1.58 bits per heavy atom. The Morgan fingerprint density at radius 1 is 0.792 bits per heavy atom. The van der Waals surface area contributed by atoms with E-state index in [-0.39, 0.29) is 30.8 Å². The van der Waals surface area contributed by atoms with Crippen molar-refractivity contribution >= 4 is 14.0 Å². The van der Waals surface area contributed by atoms with Crippen molar-refractivity contribution in [2.45, 2.75) is 70.2 Å². The highest BCUT2D eigenvalue weighted by molar-refractivity contribution is 7.11. The summed E-state index contributed by atoms with van der Waals surface area (Å²) in [6, 6.07) is 0. The van der Waals surface area contributed by atoms with Crippen LogP contribution in [0.25, 0.3) is 0 Å². The van der Waals surface area contributed by atoms with Gasteiger partial charge in [0, 0.05) is 17.4 Å². The Morgan fingerprint density at radius 3 is 2.25 bits per heavy atom. The number of rotatable bonds is 1. The lowest BCUT2D eigenvalue weighted by molar-refractivity contribution is -0.429. The van der Waals surface area contributed by atoms with Gasteiger partial charge in [-0.05, 0) is 63.2 Å². The summed E-state index contributed by atoms with van der Waals surface area (Å²) >= 11 is 0. The molecule has 7 rings (SSSR count). The standard InChI is InChI=1S/C18H26B2O4/c1-14-7-10-5-12(15(10,14)2)9-21-19(22-14)20-23-17(4)13-6-11-8-18(17,24-20)16(11,13)3/h10-13H,5-9H2,1-4H3/t10-,11-,12+,13-,14+,15?,16?,17-,18+/m1/s1. The lowest BCUT2D eigenvalue weighted by atomic mass is 9.20. The first-order chi connectivity index (χ1) is 11.3. The van der Waals surface area contributed by atoms with Crippen LogP contribution in [0.2, 0.25) is 0 Å². The fourth-order valence-electron chi connectivity index (χ4n) is 8.80. The van der Waals surface area contributed by atoms with E-state index < -0.39 is 0 Å². The largest absolute Gasteiger partial charge is 0.489 e. The maximum absolute atomic E-state index is 6.61. The van der Waals surface area contributed by atoms with Crippen LogP contribution >= 0.6 is 0 Å². The zero-order chi connectivity index (χ0) is 16.3. The summed E-state index contributed by atoms with van der Waals surface area (Å²) in [7, 11) is -0.715. The zero-order valence-corrected chi connectivity index (χ0v) is 15.1. The summed E-state index contributed by atoms with van der Waals surface area (Å²) in [6.45, 7) is 10.2. The van der Waals surface area contributed by atoms with Gasteiger partial charge in [0.15, 0.2) is 0 Å². The normalized spacial score (nSPS) is 70.5. The molecule has 0 amide bonds. The van der Waals surface area contributed by atoms with Gasteiger partial charge < -0.3 is 18.6 Å². The lowest BCUT2D eigenvalue weighted by Crippen LogP contribution is -2.92. The van der Waals surface area contributed by atoms with Crippen molar-refractivity contribution in [3.8, 4) is 0 Å². The third kappa shape index (κ3) is 0.986. The minimum atomic E-state index is -0.364. The van der Waals surface area contributed by atoms with Gasteiger partial charge in [-0.2, -0.15) is 0 Å². The molecule has 1 spiro atoms.